The maximum atomic E-state index is 14.8. The number of hydrogen-bond acceptors (Lipinski definition) is 9. The van der Waals surface area contributed by atoms with Crippen LogP contribution in [-0.4, -0.2) is 74.6 Å². The smallest absolute Gasteiger partial charge is 0.410 e. The van der Waals surface area contributed by atoms with Gasteiger partial charge in [-0.15, -0.1) is 10.2 Å². The van der Waals surface area contributed by atoms with Gasteiger partial charge in [0.25, 0.3) is 6.43 Å². The summed E-state index contributed by atoms with van der Waals surface area (Å²) >= 11 is 6.08. The summed E-state index contributed by atoms with van der Waals surface area (Å²) in [5.74, 6) is 0.561. The van der Waals surface area contributed by atoms with E-state index in [-0.39, 0.29) is 36.4 Å². The summed E-state index contributed by atoms with van der Waals surface area (Å²) < 4.78 is 41.2. The van der Waals surface area contributed by atoms with Crippen molar-refractivity contribution in [3.63, 3.8) is 0 Å². The molecule has 1 aromatic carbocycles. The molecule has 0 bridgehead atoms. The summed E-state index contributed by atoms with van der Waals surface area (Å²) in [5.41, 5.74) is 0.677. The molecule has 1 amide bonds. The maximum absolute atomic E-state index is 14.8. The number of fused-ring (bicyclic) bond motifs is 4. The largest absolute Gasteiger partial charge is 0.506 e. The minimum absolute atomic E-state index is 0.0356. The molecule has 3 aromatic rings. The molecule has 0 aliphatic carbocycles. The van der Waals surface area contributed by atoms with Crippen LogP contribution in [0.4, 0.5) is 25.1 Å². The van der Waals surface area contributed by atoms with Gasteiger partial charge >= 0.3 is 6.09 Å². The van der Waals surface area contributed by atoms with Crippen LogP contribution in [-0.2, 0) is 17.7 Å². The SMILES string of the molecule is CC(C)(C)OC(=O)N1CCc2nc(O[C@H]3CN4c5cc(-c6cccc(Cl)c6O)nnc5NC[C@@]4(C(F)F)C3)ccc2C1. The fourth-order valence-electron chi connectivity index (χ4n) is 5.74. The van der Waals surface area contributed by atoms with Gasteiger partial charge in [-0.05, 0) is 44.5 Å². The average Bonchev–Trinajstić information content (AvgIpc) is 3.33. The van der Waals surface area contributed by atoms with Crippen LogP contribution in [0.5, 0.6) is 11.6 Å². The second-order valence-electron chi connectivity index (χ2n) is 11.8. The summed E-state index contributed by atoms with van der Waals surface area (Å²) in [4.78, 5) is 20.4. The highest BCUT2D eigenvalue weighted by molar-refractivity contribution is 6.32. The molecule has 3 aliphatic heterocycles. The van der Waals surface area contributed by atoms with Crippen LogP contribution in [0.2, 0.25) is 5.02 Å². The Morgan fingerprint density at radius 3 is 2.81 bits per heavy atom. The Morgan fingerprint density at radius 1 is 1.24 bits per heavy atom. The number of rotatable bonds is 4. The van der Waals surface area contributed by atoms with Crippen molar-refractivity contribution in [2.45, 2.75) is 63.8 Å². The van der Waals surface area contributed by atoms with Crippen molar-refractivity contribution in [1.29, 1.82) is 0 Å². The first-order chi connectivity index (χ1) is 19.9. The van der Waals surface area contributed by atoms with Crippen molar-refractivity contribution in [2.24, 2.45) is 0 Å². The molecular weight excluding hydrogens is 570 g/mol. The zero-order chi connectivity index (χ0) is 29.8. The van der Waals surface area contributed by atoms with Crippen LogP contribution < -0.4 is 15.0 Å². The molecule has 0 spiro atoms. The van der Waals surface area contributed by atoms with Gasteiger partial charge in [0, 0.05) is 37.6 Å². The fraction of sp³-hybridized carbons (Fsp3) is 0.448. The summed E-state index contributed by atoms with van der Waals surface area (Å²) in [6.07, 6.45) is -3.05. The topological polar surface area (TPSA) is 113 Å². The molecule has 5 heterocycles. The molecule has 1 fully saturated rings. The Hall–Kier alpha value is -3.93. The molecule has 2 atom stereocenters. The molecule has 13 heteroatoms. The second-order valence-corrected chi connectivity index (χ2v) is 12.2. The predicted molar refractivity (Wildman–Crippen MR) is 152 cm³/mol. The number of benzene rings is 1. The molecule has 3 aliphatic rings. The van der Waals surface area contributed by atoms with E-state index in [1.54, 1.807) is 40.1 Å². The Balaban J connectivity index is 1.22. The lowest BCUT2D eigenvalue weighted by atomic mass is 9.93. The number of phenols is 1. The second kappa shape index (κ2) is 10.4. The highest BCUT2D eigenvalue weighted by Crippen LogP contribution is 2.46. The van der Waals surface area contributed by atoms with Gasteiger partial charge in [0.05, 0.1) is 35.2 Å². The fourth-order valence-corrected chi connectivity index (χ4v) is 5.92. The number of carbonyl (C=O) groups excluding carboxylic acids is 1. The van der Waals surface area contributed by atoms with E-state index in [2.05, 4.69) is 20.5 Å². The van der Waals surface area contributed by atoms with E-state index >= 15 is 0 Å². The Bertz CT molecular complexity index is 1540. The lowest BCUT2D eigenvalue weighted by Crippen LogP contribution is -2.57. The Morgan fingerprint density at radius 2 is 2.05 bits per heavy atom. The predicted octanol–water partition coefficient (Wildman–Crippen LogP) is 5.28. The van der Waals surface area contributed by atoms with Crippen LogP contribution in [0.25, 0.3) is 11.3 Å². The molecule has 42 heavy (non-hydrogen) atoms. The number of nitrogens with one attached hydrogen (secondary N) is 1. The third-order valence-corrected chi connectivity index (χ3v) is 8.07. The first-order valence-corrected chi connectivity index (χ1v) is 14.1. The lowest BCUT2D eigenvalue weighted by molar-refractivity contribution is 0.0222. The molecular formula is C29H31ClF2N6O4. The first kappa shape index (κ1) is 28.2. The lowest BCUT2D eigenvalue weighted by Gasteiger charge is -2.43. The zero-order valence-corrected chi connectivity index (χ0v) is 24.2. The minimum Gasteiger partial charge on any atom is -0.506 e. The molecule has 2 aromatic heterocycles. The highest BCUT2D eigenvalue weighted by atomic mass is 35.5. The number of hydrogen-bond donors (Lipinski definition) is 2. The van der Waals surface area contributed by atoms with Gasteiger partial charge in [-0.25, -0.2) is 18.6 Å². The normalized spacial score (nSPS) is 21.4. The number of amides is 1. The van der Waals surface area contributed by atoms with E-state index in [0.717, 1.165) is 11.3 Å². The number of halogens is 3. The average molecular weight is 601 g/mol. The van der Waals surface area contributed by atoms with Crippen molar-refractivity contribution < 1.29 is 28.2 Å². The molecule has 10 nitrogen and oxygen atoms in total. The molecule has 0 radical (unpaired) electrons. The van der Waals surface area contributed by atoms with Gasteiger partial charge in [-0.3, -0.25) is 0 Å². The van der Waals surface area contributed by atoms with E-state index in [9.17, 15) is 18.7 Å². The van der Waals surface area contributed by atoms with Crippen LogP contribution >= 0.6 is 11.6 Å². The molecule has 2 N–H and O–H groups in total. The van der Waals surface area contributed by atoms with Crippen molar-refractivity contribution in [3.8, 4) is 22.9 Å². The van der Waals surface area contributed by atoms with Gasteiger partial charge in [-0.1, -0.05) is 23.7 Å². The van der Waals surface area contributed by atoms with Crippen LogP contribution in [0.3, 0.4) is 0 Å². The standard InChI is InChI=1S/C29H31ClF2N6O4/c1-28(2,3)42-27(40)37-10-9-20-16(13-37)7-8-23(34-20)41-17-12-29(26(31)32)15-33-25-22(38(29)14-17)11-21(35-36-25)18-5-4-6-19(30)24(18)39/h4-8,11,17,26,39H,9-10,12-15H2,1-3H3,(H,33,36)/t17-,29-/m1/s1. The Labute approximate surface area is 246 Å². The van der Waals surface area contributed by atoms with Crippen molar-refractivity contribution in [1.82, 2.24) is 20.1 Å². The van der Waals surface area contributed by atoms with Crippen LogP contribution in [0, 0.1) is 0 Å². The summed E-state index contributed by atoms with van der Waals surface area (Å²) in [5, 5.41) is 22.0. The van der Waals surface area contributed by atoms with Crippen molar-refractivity contribution >= 4 is 29.2 Å². The molecule has 0 unspecified atom stereocenters. The van der Waals surface area contributed by atoms with E-state index in [1.807, 2.05) is 26.8 Å². The number of pyridine rings is 1. The number of ether oxygens (including phenoxy) is 2. The highest BCUT2D eigenvalue weighted by Gasteiger charge is 2.56. The van der Waals surface area contributed by atoms with Gasteiger partial charge in [0.15, 0.2) is 5.82 Å². The maximum Gasteiger partial charge on any atom is 0.410 e. The molecule has 1 saturated heterocycles. The van der Waals surface area contributed by atoms with Gasteiger partial charge in [-0.2, -0.15) is 0 Å². The van der Waals surface area contributed by atoms with Crippen molar-refractivity contribution in [3.05, 3.63) is 52.7 Å². The zero-order valence-electron chi connectivity index (χ0n) is 23.4. The molecule has 222 valence electrons. The van der Waals surface area contributed by atoms with E-state index < -0.39 is 23.7 Å². The van der Waals surface area contributed by atoms with Crippen LogP contribution in [0.1, 0.15) is 38.4 Å². The monoisotopic (exact) mass is 600 g/mol. The van der Waals surface area contributed by atoms with Gasteiger partial charge in [0.1, 0.15) is 23.0 Å². The third-order valence-electron chi connectivity index (χ3n) is 7.76. The molecule has 0 saturated carbocycles. The van der Waals surface area contributed by atoms with Crippen molar-refractivity contribution in [2.75, 3.05) is 29.9 Å². The number of aromatic nitrogens is 3. The summed E-state index contributed by atoms with van der Waals surface area (Å²) in [7, 11) is 0. The minimum atomic E-state index is -2.68. The van der Waals surface area contributed by atoms with Gasteiger partial charge < -0.3 is 29.7 Å². The summed E-state index contributed by atoms with van der Waals surface area (Å²) in [6, 6.07) is 10.0. The third kappa shape index (κ3) is 5.12. The van der Waals surface area contributed by atoms with Gasteiger partial charge in [0.2, 0.25) is 5.88 Å². The summed E-state index contributed by atoms with van der Waals surface area (Å²) in [6.45, 7) is 6.45. The number of aromatic hydroxyl groups is 1. The van der Waals surface area contributed by atoms with Crippen LogP contribution in [0.15, 0.2) is 36.4 Å². The number of phenolic OH excluding ortho intramolecular Hbond substituents is 1. The van der Waals surface area contributed by atoms with E-state index in [1.165, 1.54) is 0 Å². The first-order valence-electron chi connectivity index (χ1n) is 13.7. The number of alkyl halides is 2. The number of anilines is 2. The number of carbonyl (C=O) groups is 1. The van der Waals surface area contributed by atoms with E-state index in [4.69, 9.17) is 21.1 Å². The number of para-hydroxylation sites is 1. The van der Waals surface area contributed by atoms with E-state index in [0.29, 0.717) is 48.2 Å². The quantitative estimate of drug-likeness (QED) is 0.413. The number of nitrogens with zero attached hydrogens (tertiary/aromatic N) is 5. The Kier molecular flexibility index (Phi) is 6.99. The molecule has 6 rings (SSSR count).